The molecule has 2 heteroatoms. The minimum atomic E-state index is -0.500. The van der Waals surface area contributed by atoms with E-state index in [9.17, 15) is 5.11 Å². The molecule has 0 radical (unpaired) electrons. The van der Waals surface area contributed by atoms with E-state index in [1.807, 2.05) is 0 Å². The van der Waals surface area contributed by atoms with Crippen LogP contribution in [0.2, 0.25) is 0 Å². The van der Waals surface area contributed by atoms with Crippen LogP contribution in [0.5, 0.6) is 0 Å². The highest BCUT2D eigenvalue weighted by Gasteiger charge is 2.42. The number of benzene rings is 1. The van der Waals surface area contributed by atoms with Crippen LogP contribution < -0.4 is 5.32 Å². The zero-order valence-electron chi connectivity index (χ0n) is 12.9. The normalized spacial score (nSPS) is 33.4. The first-order valence-electron chi connectivity index (χ1n) is 7.92. The van der Waals surface area contributed by atoms with Crippen LogP contribution >= 0.6 is 0 Å². The van der Waals surface area contributed by atoms with Crippen LogP contribution in [0.15, 0.2) is 24.3 Å². The van der Waals surface area contributed by atoms with Gasteiger partial charge in [0, 0.05) is 18.5 Å². The number of aliphatic hydroxyl groups is 1. The minimum Gasteiger partial charge on any atom is -0.389 e. The van der Waals surface area contributed by atoms with Crippen molar-refractivity contribution in [2.75, 3.05) is 0 Å². The summed E-state index contributed by atoms with van der Waals surface area (Å²) in [7, 11) is 0. The number of hydrogen-bond donors (Lipinski definition) is 2. The van der Waals surface area contributed by atoms with Gasteiger partial charge in [0.2, 0.25) is 0 Å². The maximum absolute atomic E-state index is 10.9. The van der Waals surface area contributed by atoms with Crippen LogP contribution in [0.3, 0.4) is 0 Å². The van der Waals surface area contributed by atoms with Gasteiger partial charge in [-0.25, -0.2) is 0 Å². The highest BCUT2D eigenvalue weighted by atomic mass is 16.3. The molecule has 1 aromatic carbocycles. The highest BCUT2D eigenvalue weighted by Crippen LogP contribution is 2.36. The molecule has 3 rings (SSSR count). The molecule has 0 saturated carbocycles. The minimum absolute atomic E-state index is 0.198. The zero-order valence-corrected chi connectivity index (χ0v) is 12.9. The van der Waals surface area contributed by atoms with E-state index in [-0.39, 0.29) is 5.41 Å². The molecule has 2 aliphatic heterocycles. The Bertz CT molecular complexity index is 459. The third-order valence-electron chi connectivity index (χ3n) is 4.94. The molecule has 110 valence electrons. The summed E-state index contributed by atoms with van der Waals surface area (Å²) >= 11 is 0. The second kappa shape index (κ2) is 4.85. The molecule has 0 amide bonds. The Kier molecular flexibility index (Phi) is 3.42. The van der Waals surface area contributed by atoms with Gasteiger partial charge in [0.05, 0.1) is 5.60 Å². The first-order chi connectivity index (χ1) is 9.34. The third-order valence-corrected chi connectivity index (χ3v) is 4.94. The van der Waals surface area contributed by atoms with Crippen molar-refractivity contribution in [3.8, 4) is 0 Å². The van der Waals surface area contributed by atoms with E-state index >= 15 is 0 Å². The maximum Gasteiger partial charge on any atom is 0.0717 e. The Hall–Kier alpha value is -0.860. The van der Waals surface area contributed by atoms with E-state index in [4.69, 9.17) is 0 Å². The molecule has 1 aromatic rings. The first kappa shape index (κ1) is 14.1. The summed E-state index contributed by atoms with van der Waals surface area (Å²) in [5.41, 5.74) is 2.32. The van der Waals surface area contributed by atoms with E-state index in [1.165, 1.54) is 24.0 Å². The molecule has 2 heterocycles. The molecule has 0 spiro atoms. The summed E-state index contributed by atoms with van der Waals surface area (Å²) in [6.45, 7) is 6.71. The molecule has 0 aliphatic carbocycles. The lowest BCUT2D eigenvalue weighted by Crippen LogP contribution is -2.49. The molecule has 2 bridgehead atoms. The average Bonchev–Trinajstić information content (AvgIpc) is 2.68. The fraction of sp³-hybridized carbons (Fsp3) is 0.667. The summed E-state index contributed by atoms with van der Waals surface area (Å²) < 4.78 is 0. The molecule has 2 aliphatic rings. The van der Waals surface area contributed by atoms with E-state index in [0.29, 0.717) is 12.1 Å². The largest absolute Gasteiger partial charge is 0.389 e. The van der Waals surface area contributed by atoms with Crippen LogP contribution in [0.25, 0.3) is 0 Å². The molecule has 2 atom stereocenters. The van der Waals surface area contributed by atoms with E-state index < -0.39 is 5.60 Å². The van der Waals surface area contributed by atoms with Gasteiger partial charge in [0.25, 0.3) is 0 Å². The Balaban J connectivity index is 1.71. The second-order valence-electron chi connectivity index (χ2n) is 7.89. The van der Waals surface area contributed by atoms with Gasteiger partial charge in [-0.3, -0.25) is 0 Å². The Morgan fingerprint density at radius 3 is 2.15 bits per heavy atom. The standard InChI is InChI=1S/C18H27NO/c1-17(2,3)14-6-4-13(5-7-14)10-18(20)11-15-8-9-16(12-18)19-15/h4-7,15-16,19-20H,8-12H2,1-3H3. The number of piperidine rings is 1. The van der Waals surface area contributed by atoms with Crippen molar-refractivity contribution in [1.82, 2.24) is 5.32 Å². The van der Waals surface area contributed by atoms with Crippen molar-refractivity contribution >= 4 is 0 Å². The maximum atomic E-state index is 10.9. The van der Waals surface area contributed by atoms with Gasteiger partial charge in [-0.2, -0.15) is 0 Å². The average molecular weight is 273 g/mol. The van der Waals surface area contributed by atoms with E-state index in [2.05, 4.69) is 50.4 Å². The van der Waals surface area contributed by atoms with Crippen molar-refractivity contribution in [3.63, 3.8) is 0 Å². The van der Waals surface area contributed by atoms with Crippen LogP contribution in [0, 0.1) is 0 Å². The molecule has 20 heavy (non-hydrogen) atoms. The van der Waals surface area contributed by atoms with Crippen molar-refractivity contribution in [2.45, 2.75) is 76.0 Å². The summed E-state index contributed by atoms with van der Waals surface area (Å²) in [5, 5.41) is 14.5. The smallest absolute Gasteiger partial charge is 0.0717 e. The Labute approximate surface area is 122 Å². The van der Waals surface area contributed by atoms with Gasteiger partial charge >= 0.3 is 0 Å². The number of hydrogen-bond acceptors (Lipinski definition) is 2. The molecule has 0 aromatic heterocycles. The van der Waals surface area contributed by atoms with Gasteiger partial charge < -0.3 is 10.4 Å². The molecule has 2 saturated heterocycles. The summed E-state index contributed by atoms with van der Waals surface area (Å²) in [5.74, 6) is 0. The molecule has 2 fully saturated rings. The lowest BCUT2D eigenvalue weighted by Gasteiger charge is -2.37. The molecule has 2 nitrogen and oxygen atoms in total. The summed E-state index contributed by atoms with van der Waals surface area (Å²) in [4.78, 5) is 0. The first-order valence-corrected chi connectivity index (χ1v) is 7.92. The predicted octanol–water partition coefficient (Wildman–Crippen LogP) is 3.17. The fourth-order valence-corrected chi connectivity index (χ4v) is 3.87. The van der Waals surface area contributed by atoms with Crippen molar-refractivity contribution in [1.29, 1.82) is 0 Å². The highest BCUT2D eigenvalue weighted by molar-refractivity contribution is 5.28. The predicted molar refractivity (Wildman–Crippen MR) is 83.0 cm³/mol. The van der Waals surface area contributed by atoms with E-state index in [0.717, 1.165) is 19.3 Å². The van der Waals surface area contributed by atoms with Gasteiger partial charge in [-0.05, 0) is 42.2 Å². The van der Waals surface area contributed by atoms with E-state index in [1.54, 1.807) is 0 Å². The molecular weight excluding hydrogens is 246 g/mol. The van der Waals surface area contributed by atoms with Crippen LogP contribution in [0.4, 0.5) is 0 Å². The topological polar surface area (TPSA) is 32.3 Å². The lowest BCUT2D eigenvalue weighted by atomic mass is 9.81. The van der Waals surface area contributed by atoms with Gasteiger partial charge in [-0.15, -0.1) is 0 Å². The summed E-state index contributed by atoms with van der Waals surface area (Å²) in [6.07, 6.45) is 5.08. The van der Waals surface area contributed by atoms with Crippen molar-refractivity contribution in [2.24, 2.45) is 0 Å². The fourth-order valence-electron chi connectivity index (χ4n) is 3.87. The molecular formula is C18H27NO. The molecule has 2 N–H and O–H groups in total. The number of fused-ring (bicyclic) bond motifs is 2. The van der Waals surface area contributed by atoms with Crippen LogP contribution in [-0.2, 0) is 11.8 Å². The van der Waals surface area contributed by atoms with Crippen molar-refractivity contribution < 1.29 is 5.11 Å². The van der Waals surface area contributed by atoms with Crippen LogP contribution in [-0.4, -0.2) is 22.8 Å². The van der Waals surface area contributed by atoms with Crippen LogP contribution in [0.1, 0.15) is 57.6 Å². The summed E-state index contributed by atoms with van der Waals surface area (Å²) in [6, 6.07) is 9.90. The van der Waals surface area contributed by atoms with Gasteiger partial charge in [0.1, 0.15) is 0 Å². The molecule has 2 unspecified atom stereocenters. The quantitative estimate of drug-likeness (QED) is 0.867. The SMILES string of the molecule is CC(C)(C)c1ccc(CC2(O)CC3CCC(C2)N3)cc1. The zero-order chi connectivity index (χ0) is 14.4. The van der Waals surface area contributed by atoms with Gasteiger partial charge in [0.15, 0.2) is 0 Å². The Morgan fingerprint density at radius 1 is 1.10 bits per heavy atom. The third kappa shape index (κ3) is 2.91. The lowest BCUT2D eigenvalue weighted by molar-refractivity contribution is -0.00608. The number of nitrogens with one attached hydrogen (secondary N) is 1. The Morgan fingerprint density at radius 2 is 1.65 bits per heavy atom. The monoisotopic (exact) mass is 273 g/mol. The van der Waals surface area contributed by atoms with Crippen molar-refractivity contribution in [3.05, 3.63) is 35.4 Å². The number of rotatable bonds is 2. The van der Waals surface area contributed by atoms with Gasteiger partial charge in [-0.1, -0.05) is 45.0 Å². The second-order valence-corrected chi connectivity index (χ2v) is 7.89.